The van der Waals surface area contributed by atoms with Crippen LogP contribution < -0.4 is 5.32 Å². The minimum absolute atomic E-state index is 0.118. The maximum atomic E-state index is 10.1. The van der Waals surface area contributed by atoms with Crippen molar-refractivity contribution in [2.24, 2.45) is 5.92 Å². The summed E-state index contributed by atoms with van der Waals surface area (Å²) in [6.45, 7) is 11.9. The zero-order valence-electron chi connectivity index (χ0n) is 11.4. The lowest BCUT2D eigenvalue weighted by atomic mass is 9.92. The van der Waals surface area contributed by atoms with Gasteiger partial charge in [-0.15, -0.1) is 0 Å². The van der Waals surface area contributed by atoms with E-state index in [1.54, 1.807) is 0 Å². The highest BCUT2D eigenvalue weighted by molar-refractivity contribution is 4.84. The van der Waals surface area contributed by atoms with Crippen molar-refractivity contribution in [1.29, 1.82) is 0 Å². The fraction of sp³-hybridized carbons (Fsp3) is 1.00. The summed E-state index contributed by atoms with van der Waals surface area (Å²) in [5.41, 5.74) is -0.505. The molecule has 0 fully saturated rings. The van der Waals surface area contributed by atoms with Gasteiger partial charge in [0.2, 0.25) is 0 Å². The Morgan fingerprint density at radius 2 is 1.60 bits per heavy atom. The van der Waals surface area contributed by atoms with E-state index in [9.17, 15) is 5.11 Å². The topological polar surface area (TPSA) is 35.5 Å². The van der Waals surface area contributed by atoms with Crippen molar-refractivity contribution in [3.05, 3.63) is 0 Å². The minimum atomic E-state index is -0.623. The standard InChI is InChI=1S/C12H28N2O/c1-10(2)12(5,15)9-13-8-11(3,4)14(6)7/h10,13,15H,8-9H2,1-7H3. The van der Waals surface area contributed by atoms with Gasteiger partial charge in [-0.2, -0.15) is 0 Å². The van der Waals surface area contributed by atoms with Crippen LogP contribution in [-0.2, 0) is 0 Å². The van der Waals surface area contributed by atoms with Crippen LogP contribution in [0.4, 0.5) is 0 Å². The van der Waals surface area contributed by atoms with Gasteiger partial charge in [0.15, 0.2) is 0 Å². The number of likely N-dealkylation sites (N-methyl/N-ethyl adjacent to an activating group) is 1. The van der Waals surface area contributed by atoms with Crippen LogP contribution in [-0.4, -0.2) is 48.3 Å². The molecule has 0 heterocycles. The Morgan fingerprint density at radius 3 is 1.93 bits per heavy atom. The quantitative estimate of drug-likeness (QED) is 0.703. The number of rotatable bonds is 6. The van der Waals surface area contributed by atoms with Gasteiger partial charge >= 0.3 is 0 Å². The molecule has 0 spiro atoms. The Kier molecular flexibility index (Phi) is 5.24. The Bertz CT molecular complexity index is 166. The van der Waals surface area contributed by atoms with Gasteiger partial charge in [-0.25, -0.2) is 0 Å². The molecule has 0 aliphatic carbocycles. The van der Waals surface area contributed by atoms with Crippen LogP contribution in [0, 0.1) is 5.92 Å². The molecule has 3 nitrogen and oxygen atoms in total. The van der Waals surface area contributed by atoms with Crippen LogP contribution in [0.2, 0.25) is 0 Å². The smallest absolute Gasteiger partial charge is 0.0766 e. The molecule has 0 aromatic heterocycles. The first kappa shape index (κ1) is 14.9. The van der Waals surface area contributed by atoms with Crippen molar-refractivity contribution in [2.75, 3.05) is 27.2 Å². The van der Waals surface area contributed by atoms with Gasteiger partial charge < -0.3 is 15.3 Å². The summed E-state index contributed by atoms with van der Waals surface area (Å²) in [4.78, 5) is 2.18. The zero-order chi connectivity index (χ0) is 12.3. The Hall–Kier alpha value is -0.120. The molecule has 0 bridgehead atoms. The van der Waals surface area contributed by atoms with E-state index in [0.717, 1.165) is 6.54 Å². The predicted octanol–water partition coefficient (Wildman–Crippen LogP) is 1.32. The molecule has 3 heteroatoms. The molecule has 2 N–H and O–H groups in total. The van der Waals surface area contributed by atoms with Crippen LogP contribution in [0.25, 0.3) is 0 Å². The van der Waals surface area contributed by atoms with Crippen LogP contribution in [0.5, 0.6) is 0 Å². The van der Waals surface area contributed by atoms with Crippen molar-refractivity contribution < 1.29 is 5.11 Å². The molecule has 1 atom stereocenters. The average Bonchev–Trinajstić information content (AvgIpc) is 2.02. The maximum Gasteiger partial charge on any atom is 0.0766 e. The molecule has 0 aliphatic rings. The van der Waals surface area contributed by atoms with E-state index >= 15 is 0 Å². The van der Waals surface area contributed by atoms with Crippen molar-refractivity contribution in [3.8, 4) is 0 Å². The zero-order valence-corrected chi connectivity index (χ0v) is 11.4. The Labute approximate surface area is 94.9 Å². The molecule has 0 amide bonds. The first-order valence-electron chi connectivity index (χ1n) is 5.70. The summed E-state index contributed by atoms with van der Waals surface area (Å²) in [7, 11) is 4.14. The third-order valence-electron chi connectivity index (χ3n) is 3.49. The fourth-order valence-electron chi connectivity index (χ4n) is 0.984. The molecule has 0 saturated heterocycles. The van der Waals surface area contributed by atoms with Crippen molar-refractivity contribution in [1.82, 2.24) is 10.2 Å². The Balaban J connectivity index is 4.00. The first-order chi connectivity index (χ1) is 6.59. The summed E-state index contributed by atoms with van der Waals surface area (Å²) in [6.07, 6.45) is 0. The highest BCUT2D eigenvalue weighted by Crippen LogP contribution is 2.15. The summed E-state index contributed by atoms with van der Waals surface area (Å²) < 4.78 is 0. The third kappa shape index (κ3) is 4.96. The summed E-state index contributed by atoms with van der Waals surface area (Å²) >= 11 is 0. The number of nitrogens with one attached hydrogen (secondary N) is 1. The average molecular weight is 216 g/mol. The molecule has 15 heavy (non-hydrogen) atoms. The van der Waals surface area contributed by atoms with Crippen LogP contribution in [0.15, 0.2) is 0 Å². The molecule has 0 radical (unpaired) electrons. The maximum absolute atomic E-state index is 10.1. The number of hydrogen-bond donors (Lipinski definition) is 2. The van der Waals surface area contributed by atoms with Crippen LogP contribution in [0.1, 0.15) is 34.6 Å². The minimum Gasteiger partial charge on any atom is -0.389 e. The second-order valence-corrected chi connectivity index (χ2v) is 5.82. The number of hydrogen-bond acceptors (Lipinski definition) is 3. The lowest BCUT2D eigenvalue weighted by Gasteiger charge is -2.35. The largest absolute Gasteiger partial charge is 0.389 e. The van der Waals surface area contributed by atoms with E-state index in [2.05, 4.69) is 38.2 Å². The second-order valence-electron chi connectivity index (χ2n) is 5.82. The van der Waals surface area contributed by atoms with Gasteiger partial charge in [0.25, 0.3) is 0 Å². The lowest BCUT2D eigenvalue weighted by Crippen LogP contribution is -2.51. The van der Waals surface area contributed by atoms with E-state index < -0.39 is 5.60 Å². The Morgan fingerprint density at radius 1 is 1.13 bits per heavy atom. The van der Waals surface area contributed by atoms with Crippen LogP contribution in [0.3, 0.4) is 0 Å². The molecule has 0 aromatic carbocycles. The summed E-state index contributed by atoms with van der Waals surface area (Å²) in [5.74, 6) is 0.271. The summed E-state index contributed by atoms with van der Waals surface area (Å²) in [6, 6.07) is 0. The van der Waals surface area contributed by atoms with Crippen molar-refractivity contribution >= 4 is 0 Å². The van der Waals surface area contributed by atoms with Gasteiger partial charge in [-0.05, 0) is 40.8 Å². The van der Waals surface area contributed by atoms with Gasteiger partial charge in [-0.1, -0.05) is 13.8 Å². The molecule has 0 rings (SSSR count). The van der Waals surface area contributed by atoms with Gasteiger partial charge in [0, 0.05) is 18.6 Å². The monoisotopic (exact) mass is 216 g/mol. The second kappa shape index (κ2) is 5.28. The van der Waals surface area contributed by atoms with Gasteiger partial charge in [-0.3, -0.25) is 0 Å². The van der Waals surface area contributed by atoms with E-state index in [1.165, 1.54) is 0 Å². The molecule has 0 aromatic rings. The SMILES string of the molecule is CC(C)C(C)(O)CNCC(C)(C)N(C)C. The van der Waals surface area contributed by atoms with E-state index in [-0.39, 0.29) is 11.5 Å². The van der Waals surface area contributed by atoms with Crippen LogP contribution >= 0.6 is 0 Å². The first-order valence-corrected chi connectivity index (χ1v) is 5.70. The van der Waals surface area contributed by atoms with Gasteiger partial charge in [0.05, 0.1) is 5.60 Å². The van der Waals surface area contributed by atoms with E-state index in [4.69, 9.17) is 0 Å². The lowest BCUT2D eigenvalue weighted by molar-refractivity contribution is 0.0115. The number of aliphatic hydroxyl groups is 1. The highest BCUT2D eigenvalue weighted by Gasteiger charge is 2.26. The normalized spacial score (nSPS) is 17.2. The van der Waals surface area contributed by atoms with Crippen molar-refractivity contribution in [3.63, 3.8) is 0 Å². The molecule has 1 unspecified atom stereocenters. The van der Waals surface area contributed by atoms with E-state index in [0.29, 0.717) is 6.54 Å². The van der Waals surface area contributed by atoms with Gasteiger partial charge in [0.1, 0.15) is 0 Å². The third-order valence-corrected chi connectivity index (χ3v) is 3.49. The van der Waals surface area contributed by atoms with E-state index in [1.807, 2.05) is 20.8 Å². The molecule has 0 aliphatic heterocycles. The molecule has 0 saturated carbocycles. The molecular weight excluding hydrogens is 188 g/mol. The van der Waals surface area contributed by atoms with Crippen molar-refractivity contribution in [2.45, 2.75) is 45.8 Å². The fourth-order valence-corrected chi connectivity index (χ4v) is 0.984. The highest BCUT2D eigenvalue weighted by atomic mass is 16.3. The molecule has 92 valence electrons. The molecular formula is C12H28N2O. The number of nitrogens with zero attached hydrogens (tertiary/aromatic N) is 1. The summed E-state index contributed by atoms with van der Waals surface area (Å²) in [5, 5.41) is 13.4. The predicted molar refractivity (Wildman–Crippen MR) is 66.1 cm³/mol.